The van der Waals surface area contributed by atoms with E-state index >= 15 is 0 Å². The SMILES string of the molecule is OC1C[C@H](Cl)C=C[C@@H]1Br. The Balaban J connectivity index is 2.54. The van der Waals surface area contributed by atoms with E-state index in [0.717, 1.165) is 0 Å². The van der Waals surface area contributed by atoms with Crippen molar-refractivity contribution < 1.29 is 5.11 Å². The third-order valence-corrected chi connectivity index (χ3v) is 2.58. The van der Waals surface area contributed by atoms with E-state index in [2.05, 4.69) is 15.9 Å². The van der Waals surface area contributed by atoms with E-state index in [1.54, 1.807) is 0 Å². The molecule has 1 aliphatic carbocycles. The Bertz CT molecular complexity index is 126. The molecule has 0 heterocycles. The highest BCUT2D eigenvalue weighted by Gasteiger charge is 2.20. The van der Waals surface area contributed by atoms with E-state index in [4.69, 9.17) is 16.7 Å². The average Bonchev–Trinajstić information content (AvgIpc) is 1.80. The van der Waals surface area contributed by atoms with E-state index in [1.165, 1.54) is 0 Å². The highest BCUT2D eigenvalue weighted by Crippen LogP contribution is 2.21. The smallest absolute Gasteiger partial charge is 0.0717 e. The predicted molar refractivity (Wildman–Crippen MR) is 42.1 cm³/mol. The first kappa shape index (κ1) is 7.58. The number of hydrogen-bond donors (Lipinski definition) is 1. The zero-order chi connectivity index (χ0) is 6.85. The summed E-state index contributed by atoms with van der Waals surface area (Å²) in [7, 11) is 0. The van der Waals surface area contributed by atoms with Crippen LogP contribution in [0.1, 0.15) is 6.42 Å². The lowest BCUT2D eigenvalue weighted by atomic mass is 10.0. The molecule has 3 heteroatoms. The van der Waals surface area contributed by atoms with Crippen molar-refractivity contribution in [1.29, 1.82) is 0 Å². The molecule has 1 N–H and O–H groups in total. The van der Waals surface area contributed by atoms with Crippen LogP contribution in [0.3, 0.4) is 0 Å². The number of halogens is 2. The minimum atomic E-state index is -0.322. The maximum Gasteiger partial charge on any atom is 0.0717 e. The average molecular weight is 211 g/mol. The van der Waals surface area contributed by atoms with Crippen molar-refractivity contribution in [2.45, 2.75) is 22.7 Å². The van der Waals surface area contributed by atoms with Crippen LogP contribution in [0.2, 0.25) is 0 Å². The molecule has 0 spiro atoms. The molecular weight excluding hydrogens is 203 g/mol. The highest BCUT2D eigenvalue weighted by molar-refractivity contribution is 9.09. The van der Waals surface area contributed by atoms with Gasteiger partial charge in [0.15, 0.2) is 0 Å². The summed E-state index contributed by atoms with van der Waals surface area (Å²) < 4.78 is 0. The molecule has 0 aliphatic heterocycles. The van der Waals surface area contributed by atoms with Gasteiger partial charge in [-0.05, 0) is 6.42 Å². The Labute approximate surface area is 67.8 Å². The van der Waals surface area contributed by atoms with Crippen LogP contribution in [0.5, 0.6) is 0 Å². The van der Waals surface area contributed by atoms with E-state index in [0.29, 0.717) is 6.42 Å². The van der Waals surface area contributed by atoms with E-state index in [1.807, 2.05) is 12.2 Å². The fourth-order valence-corrected chi connectivity index (χ4v) is 1.45. The summed E-state index contributed by atoms with van der Waals surface area (Å²) in [5.41, 5.74) is 0. The highest BCUT2D eigenvalue weighted by atomic mass is 79.9. The first-order chi connectivity index (χ1) is 4.20. The topological polar surface area (TPSA) is 20.2 Å². The van der Waals surface area contributed by atoms with Gasteiger partial charge in [0, 0.05) is 0 Å². The van der Waals surface area contributed by atoms with Crippen LogP contribution < -0.4 is 0 Å². The lowest BCUT2D eigenvalue weighted by molar-refractivity contribution is 0.172. The summed E-state index contributed by atoms with van der Waals surface area (Å²) >= 11 is 8.99. The van der Waals surface area contributed by atoms with Crippen molar-refractivity contribution in [3.8, 4) is 0 Å². The van der Waals surface area contributed by atoms with Gasteiger partial charge in [-0.25, -0.2) is 0 Å². The monoisotopic (exact) mass is 210 g/mol. The number of aliphatic hydroxyl groups is 1. The Morgan fingerprint density at radius 2 is 2.22 bits per heavy atom. The molecule has 0 fully saturated rings. The van der Waals surface area contributed by atoms with E-state index in [-0.39, 0.29) is 16.3 Å². The summed E-state index contributed by atoms with van der Waals surface area (Å²) in [6.45, 7) is 0. The number of allylic oxidation sites excluding steroid dienone is 1. The van der Waals surface area contributed by atoms with Gasteiger partial charge in [-0.1, -0.05) is 28.1 Å². The van der Waals surface area contributed by atoms with Crippen LogP contribution in [-0.4, -0.2) is 21.4 Å². The van der Waals surface area contributed by atoms with Crippen molar-refractivity contribution in [1.82, 2.24) is 0 Å². The Hall–Kier alpha value is 0.470. The van der Waals surface area contributed by atoms with Gasteiger partial charge >= 0.3 is 0 Å². The van der Waals surface area contributed by atoms with Crippen LogP contribution in [0.4, 0.5) is 0 Å². The molecule has 0 saturated heterocycles. The Morgan fingerprint density at radius 3 is 2.67 bits per heavy atom. The van der Waals surface area contributed by atoms with Crippen LogP contribution in [0.15, 0.2) is 12.2 Å². The Morgan fingerprint density at radius 1 is 1.56 bits per heavy atom. The lowest BCUT2D eigenvalue weighted by Gasteiger charge is -2.20. The fourth-order valence-electron chi connectivity index (χ4n) is 0.794. The second-order valence-electron chi connectivity index (χ2n) is 2.15. The molecule has 0 bridgehead atoms. The maximum atomic E-state index is 9.17. The van der Waals surface area contributed by atoms with E-state index < -0.39 is 0 Å². The molecule has 1 nitrogen and oxygen atoms in total. The van der Waals surface area contributed by atoms with Crippen LogP contribution in [0, 0.1) is 0 Å². The molecule has 0 aromatic heterocycles. The molecule has 0 aromatic carbocycles. The third-order valence-electron chi connectivity index (χ3n) is 1.34. The van der Waals surface area contributed by atoms with E-state index in [9.17, 15) is 0 Å². The minimum absolute atomic E-state index is 0.00815. The van der Waals surface area contributed by atoms with Crippen LogP contribution in [0.25, 0.3) is 0 Å². The number of hydrogen-bond acceptors (Lipinski definition) is 1. The van der Waals surface area contributed by atoms with Crippen LogP contribution >= 0.6 is 27.5 Å². The molecule has 0 amide bonds. The minimum Gasteiger partial charge on any atom is -0.392 e. The second kappa shape index (κ2) is 3.04. The van der Waals surface area contributed by atoms with Gasteiger partial charge in [0.05, 0.1) is 16.3 Å². The van der Waals surface area contributed by atoms with Gasteiger partial charge in [-0.2, -0.15) is 0 Å². The quantitative estimate of drug-likeness (QED) is 0.477. The summed E-state index contributed by atoms with van der Waals surface area (Å²) in [6.07, 6.45) is 4.10. The zero-order valence-corrected chi connectivity index (χ0v) is 7.14. The van der Waals surface area contributed by atoms with Gasteiger partial charge in [0.2, 0.25) is 0 Å². The molecule has 0 radical (unpaired) electrons. The summed E-state index contributed by atoms with van der Waals surface area (Å²) in [4.78, 5) is 0.0903. The largest absolute Gasteiger partial charge is 0.392 e. The fraction of sp³-hybridized carbons (Fsp3) is 0.667. The zero-order valence-electron chi connectivity index (χ0n) is 4.80. The van der Waals surface area contributed by atoms with Gasteiger partial charge in [-0.15, -0.1) is 11.6 Å². The second-order valence-corrected chi connectivity index (χ2v) is 3.77. The number of aliphatic hydroxyl groups excluding tert-OH is 1. The molecule has 0 saturated carbocycles. The molecular formula is C6H8BrClO. The molecule has 9 heavy (non-hydrogen) atoms. The molecule has 52 valence electrons. The standard InChI is InChI=1S/C6H8BrClO/c7-5-2-1-4(8)3-6(5)9/h1-2,4-6,9H,3H2/t4-,5+,6?/m1/s1. The molecule has 3 atom stereocenters. The van der Waals surface area contributed by atoms with Crippen molar-refractivity contribution in [2.75, 3.05) is 0 Å². The first-order valence-corrected chi connectivity index (χ1v) is 4.20. The van der Waals surface area contributed by atoms with Crippen molar-refractivity contribution in [3.05, 3.63) is 12.2 Å². The lowest BCUT2D eigenvalue weighted by Crippen LogP contribution is -2.25. The van der Waals surface area contributed by atoms with Crippen molar-refractivity contribution >= 4 is 27.5 Å². The predicted octanol–water partition coefficient (Wildman–Crippen LogP) is 1.68. The molecule has 1 aliphatic rings. The van der Waals surface area contributed by atoms with Gasteiger partial charge in [0.1, 0.15) is 0 Å². The molecule has 0 aromatic rings. The summed E-state index contributed by atoms with van der Waals surface area (Å²) in [5, 5.41) is 9.17. The van der Waals surface area contributed by atoms with Crippen molar-refractivity contribution in [3.63, 3.8) is 0 Å². The van der Waals surface area contributed by atoms with Gasteiger partial charge in [0.25, 0.3) is 0 Å². The van der Waals surface area contributed by atoms with Gasteiger partial charge in [-0.3, -0.25) is 0 Å². The Kier molecular flexibility index (Phi) is 2.56. The molecule has 1 unspecified atom stereocenters. The number of rotatable bonds is 0. The molecule has 1 rings (SSSR count). The summed E-state index contributed by atoms with van der Waals surface area (Å²) in [5.74, 6) is 0. The van der Waals surface area contributed by atoms with Crippen LogP contribution in [-0.2, 0) is 0 Å². The normalized spacial score (nSPS) is 43.2. The number of alkyl halides is 2. The van der Waals surface area contributed by atoms with Crippen molar-refractivity contribution in [2.24, 2.45) is 0 Å². The van der Waals surface area contributed by atoms with Gasteiger partial charge < -0.3 is 5.11 Å². The summed E-state index contributed by atoms with van der Waals surface area (Å²) in [6, 6.07) is 0. The first-order valence-electron chi connectivity index (χ1n) is 2.84. The third kappa shape index (κ3) is 1.95. The maximum absolute atomic E-state index is 9.17.